The van der Waals surface area contributed by atoms with Gasteiger partial charge in [0.2, 0.25) is 5.95 Å². The van der Waals surface area contributed by atoms with Crippen LogP contribution in [0.25, 0.3) is 0 Å². The Hall–Kier alpha value is -2.94. The average Bonchev–Trinajstić information content (AvgIpc) is 3.65. The summed E-state index contributed by atoms with van der Waals surface area (Å²) in [6, 6.07) is 10.3. The maximum absolute atomic E-state index is 12.7. The number of halogens is 2. The summed E-state index contributed by atoms with van der Waals surface area (Å²) < 4.78 is 5.45. The highest BCUT2D eigenvalue weighted by Gasteiger charge is 2.27. The molecule has 2 fully saturated rings. The number of nitrogens with zero attached hydrogens (tertiary/aromatic N) is 4. The molecule has 0 radical (unpaired) electrons. The van der Waals surface area contributed by atoms with Crippen LogP contribution in [0.3, 0.4) is 0 Å². The number of aromatic nitrogens is 3. The Labute approximate surface area is 201 Å². The van der Waals surface area contributed by atoms with Crippen molar-refractivity contribution in [2.24, 2.45) is 0 Å². The lowest BCUT2D eigenvalue weighted by Gasteiger charge is -2.27. The Morgan fingerprint density at radius 1 is 1.03 bits per heavy atom. The molecular weight excluding hydrogens is 463 g/mol. The number of benzene rings is 1. The van der Waals surface area contributed by atoms with E-state index in [1.165, 1.54) is 0 Å². The van der Waals surface area contributed by atoms with Crippen LogP contribution in [-0.4, -0.2) is 47.2 Å². The third kappa shape index (κ3) is 5.19. The molecule has 2 N–H and O–H groups in total. The zero-order chi connectivity index (χ0) is 22.8. The molecule has 5 rings (SSSR count). The smallest absolute Gasteiger partial charge is 0.258 e. The summed E-state index contributed by atoms with van der Waals surface area (Å²) in [6.07, 6.45) is 3.89. The molecule has 1 amide bonds. The van der Waals surface area contributed by atoms with Crippen LogP contribution in [0.4, 0.5) is 23.3 Å². The van der Waals surface area contributed by atoms with Crippen LogP contribution in [0.2, 0.25) is 10.0 Å². The van der Waals surface area contributed by atoms with Gasteiger partial charge in [-0.3, -0.25) is 4.79 Å². The van der Waals surface area contributed by atoms with Gasteiger partial charge in [-0.1, -0.05) is 29.3 Å². The second-order valence-electron chi connectivity index (χ2n) is 7.96. The quantitative estimate of drug-likeness (QED) is 0.514. The molecule has 170 valence electrons. The summed E-state index contributed by atoms with van der Waals surface area (Å²) in [6.45, 7) is 2.85. The predicted octanol–water partition coefficient (Wildman–Crippen LogP) is 4.89. The van der Waals surface area contributed by atoms with Gasteiger partial charge in [-0.25, -0.2) is 9.97 Å². The lowest BCUT2D eigenvalue weighted by Crippen LogP contribution is -2.37. The Morgan fingerprint density at radius 3 is 2.52 bits per heavy atom. The highest BCUT2D eigenvalue weighted by Crippen LogP contribution is 2.40. The molecule has 2 aromatic heterocycles. The number of pyridine rings is 1. The molecule has 1 saturated carbocycles. The van der Waals surface area contributed by atoms with E-state index in [9.17, 15) is 4.79 Å². The number of hydrogen-bond acceptors (Lipinski definition) is 7. The predicted molar refractivity (Wildman–Crippen MR) is 129 cm³/mol. The fourth-order valence-electron chi connectivity index (χ4n) is 3.63. The van der Waals surface area contributed by atoms with E-state index >= 15 is 0 Å². The van der Waals surface area contributed by atoms with Gasteiger partial charge >= 0.3 is 0 Å². The molecule has 10 heteroatoms. The van der Waals surface area contributed by atoms with Gasteiger partial charge in [0.25, 0.3) is 5.91 Å². The molecule has 2 aliphatic rings. The van der Waals surface area contributed by atoms with Crippen molar-refractivity contribution in [2.45, 2.75) is 18.8 Å². The Morgan fingerprint density at radius 2 is 1.79 bits per heavy atom. The minimum atomic E-state index is -0.393. The van der Waals surface area contributed by atoms with E-state index in [0.717, 1.165) is 31.6 Å². The molecule has 3 aromatic rings. The summed E-state index contributed by atoms with van der Waals surface area (Å²) in [5.74, 6) is 2.00. The number of nitrogens with one attached hydrogen (secondary N) is 2. The molecule has 1 aromatic carbocycles. The van der Waals surface area contributed by atoms with Crippen molar-refractivity contribution in [2.75, 3.05) is 41.8 Å². The second kappa shape index (κ2) is 9.51. The largest absolute Gasteiger partial charge is 0.378 e. The first-order chi connectivity index (χ1) is 16.1. The van der Waals surface area contributed by atoms with Crippen LogP contribution in [0.15, 0.2) is 42.6 Å². The van der Waals surface area contributed by atoms with E-state index in [0.29, 0.717) is 42.4 Å². The van der Waals surface area contributed by atoms with Crippen LogP contribution in [-0.2, 0) is 4.74 Å². The molecular formula is C23H22Cl2N6O2. The molecule has 0 spiro atoms. The van der Waals surface area contributed by atoms with Crippen molar-refractivity contribution in [3.8, 4) is 0 Å². The van der Waals surface area contributed by atoms with E-state index in [1.807, 2.05) is 6.07 Å². The summed E-state index contributed by atoms with van der Waals surface area (Å²) in [5.41, 5.74) is 1.82. The number of rotatable bonds is 6. The summed E-state index contributed by atoms with van der Waals surface area (Å²) in [4.78, 5) is 28.7. The lowest BCUT2D eigenvalue weighted by atomic mass is 10.2. The number of amides is 1. The van der Waals surface area contributed by atoms with E-state index in [1.54, 1.807) is 36.5 Å². The van der Waals surface area contributed by atoms with Crippen molar-refractivity contribution in [1.29, 1.82) is 0 Å². The maximum Gasteiger partial charge on any atom is 0.258 e. The number of carbonyl (C=O) groups excluding carboxylic acids is 1. The number of morpholine rings is 1. The minimum Gasteiger partial charge on any atom is -0.378 e. The molecule has 3 heterocycles. The molecule has 8 nitrogen and oxygen atoms in total. The summed E-state index contributed by atoms with van der Waals surface area (Å²) >= 11 is 12.3. The van der Waals surface area contributed by atoms with Crippen molar-refractivity contribution >= 4 is 52.4 Å². The first-order valence-corrected chi connectivity index (χ1v) is 11.5. The van der Waals surface area contributed by atoms with E-state index in [2.05, 4.69) is 20.5 Å². The fourth-order valence-corrected chi connectivity index (χ4v) is 4.20. The topological polar surface area (TPSA) is 92.3 Å². The van der Waals surface area contributed by atoms with E-state index in [-0.39, 0.29) is 15.6 Å². The molecule has 1 aliphatic carbocycles. The summed E-state index contributed by atoms with van der Waals surface area (Å²) in [5, 5.41) is 6.66. The first kappa shape index (κ1) is 21.9. The van der Waals surface area contributed by atoms with Crippen LogP contribution in [0.1, 0.15) is 34.8 Å². The van der Waals surface area contributed by atoms with Gasteiger partial charge < -0.3 is 20.3 Å². The fraction of sp³-hybridized carbons (Fsp3) is 0.304. The van der Waals surface area contributed by atoms with Crippen molar-refractivity contribution in [3.05, 3.63) is 63.9 Å². The van der Waals surface area contributed by atoms with Gasteiger partial charge in [0.05, 0.1) is 34.5 Å². The van der Waals surface area contributed by atoms with Gasteiger partial charge in [-0.15, -0.1) is 0 Å². The van der Waals surface area contributed by atoms with Gasteiger partial charge in [-0.2, -0.15) is 4.98 Å². The zero-order valence-corrected chi connectivity index (χ0v) is 19.2. The molecule has 1 saturated heterocycles. The van der Waals surface area contributed by atoms with Crippen molar-refractivity contribution < 1.29 is 9.53 Å². The van der Waals surface area contributed by atoms with Gasteiger partial charge in [-0.05, 0) is 31.0 Å². The van der Waals surface area contributed by atoms with Crippen LogP contribution in [0.5, 0.6) is 0 Å². The summed E-state index contributed by atoms with van der Waals surface area (Å²) in [7, 11) is 0. The zero-order valence-electron chi connectivity index (χ0n) is 17.7. The standard InChI is InChI=1S/C23H22Cl2N6O2/c24-16-2-1-3-17(25)21(16)22(32)27-15-6-7-26-19(12-15)29-20-13-18(14-4-5-14)28-23(30-20)31-8-10-33-11-9-31/h1-3,6-7,12-14H,4-5,8-11H2,(H2,26,27,28,29,30,32). The lowest BCUT2D eigenvalue weighted by molar-refractivity contribution is 0.102. The van der Waals surface area contributed by atoms with Crippen molar-refractivity contribution in [3.63, 3.8) is 0 Å². The number of ether oxygens (including phenoxy) is 1. The van der Waals surface area contributed by atoms with Crippen LogP contribution >= 0.6 is 23.2 Å². The van der Waals surface area contributed by atoms with Gasteiger partial charge in [0.15, 0.2) is 0 Å². The van der Waals surface area contributed by atoms with Crippen LogP contribution < -0.4 is 15.5 Å². The van der Waals surface area contributed by atoms with Crippen LogP contribution in [0, 0.1) is 0 Å². The molecule has 0 bridgehead atoms. The third-order valence-electron chi connectivity index (χ3n) is 5.49. The normalized spacial score (nSPS) is 15.9. The third-order valence-corrected chi connectivity index (χ3v) is 6.12. The molecule has 1 aliphatic heterocycles. The average molecular weight is 485 g/mol. The first-order valence-electron chi connectivity index (χ1n) is 10.8. The van der Waals surface area contributed by atoms with E-state index in [4.69, 9.17) is 37.9 Å². The molecule has 33 heavy (non-hydrogen) atoms. The maximum atomic E-state index is 12.7. The Bertz CT molecular complexity index is 1160. The Kier molecular flexibility index (Phi) is 6.30. The second-order valence-corrected chi connectivity index (χ2v) is 8.77. The Balaban J connectivity index is 1.36. The molecule has 0 unspecified atom stereocenters. The van der Waals surface area contributed by atoms with Gasteiger partial charge in [0.1, 0.15) is 11.6 Å². The monoisotopic (exact) mass is 484 g/mol. The van der Waals surface area contributed by atoms with Crippen molar-refractivity contribution in [1.82, 2.24) is 15.0 Å². The number of anilines is 4. The molecule has 0 atom stereocenters. The van der Waals surface area contributed by atoms with E-state index < -0.39 is 5.91 Å². The number of hydrogen-bond donors (Lipinski definition) is 2. The highest BCUT2D eigenvalue weighted by atomic mass is 35.5. The highest BCUT2D eigenvalue weighted by molar-refractivity contribution is 6.40. The SMILES string of the molecule is O=C(Nc1ccnc(Nc2cc(C3CC3)nc(N3CCOCC3)n2)c1)c1c(Cl)cccc1Cl. The van der Waals surface area contributed by atoms with Gasteiger partial charge in [0, 0.05) is 43.0 Å². The minimum absolute atomic E-state index is 0.229. The number of carbonyl (C=O) groups is 1.